The van der Waals surface area contributed by atoms with E-state index in [0.717, 1.165) is 96.3 Å². The van der Waals surface area contributed by atoms with E-state index in [-0.39, 0.29) is 38.6 Å². The number of rotatable bonds is 62. The van der Waals surface area contributed by atoms with Crippen molar-refractivity contribution in [1.29, 1.82) is 0 Å². The van der Waals surface area contributed by atoms with Crippen LogP contribution < -0.4 is 0 Å². The molecule has 468 valence electrons. The predicted octanol–water partition coefficient (Wildman–Crippen LogP) is 20.7. The Kier molecular flexibility index (Phi) is 59.8. The topological polar surface area (TPSA) is 108 Å². The summed E-state index contributed by atoms with van der Waals surface area (Å²) in [5.74, 6) is -2.01. The number of quaternary nitrogens is 1. The zero-order valence-corrected chi connectivity index (χ0v) is 53.4. The summed E-state index contributed by atoms with van der Waals surface area (Å²) >= 11 is 0. The Morgan fingerprint density at radius 1 is 0.383 bits per heavy atom. The van der Waals surface area contributed by atoms with Gasteiger partial charge in [-0.25, -0.2) is 4.79 Å². The maximum atomic E-state index is 12.9. The highest BCUT2D eigenvalue weighted by molar-refractivity contribution is 5.71. The Morgan fingerprint density at radius 3 is 1.05 bits per heavy atom. The van der Waals surface area contributed by atoms with Crippen molar-refractivity contribution in [2.24, 2.45) is 0 Å². The molecule has 0 aromatic rings. The Balaban J connectivity index is 3.95. The fourth-order valence-corrected chi connectivity index (χ4v) is 9.48. The molecule has 0 spiro atoms. The Labute approximate surface area is 500 Å². The molecule has 0 rings (SSSR count). The highest BCUT2D eigenvalue weighted by atomic mass is 16.7. The van der Waals surface area contributed by atoms with Gasteiger partial charge in [-0.15, -0.1) is 0 Å². The number of nitrogens with zero attached hydrogens (tertiary/aromatic N) is 1. The lowest BCUT2D eigenvalue weighted by molar-refractivity contribution is -0.870. The van der Waals surface area contributed by atoms with Crippen molar-refractivity contribution in [3.8, 4) is 0 Å². The maximum absolute atomic E-state index is 12.9. The van der Waals surface area contributed by atoms with Crippen LogP contribution in [0.1, 0.15) is 296 Å². The second-order valence-electron chi connectivity index (χ2n) is 23.7. The molecule has 0 aromatic carbocycles. The molecule has 0 fully saturated rings. The summed E-state index contributed by atoms with van der Waals surface area (Å²) < 4.78 is 22.9. The fourth-order valence-electron chi connectivity index (χ4n) is 9.48. The maximum Gasteiger partial charge on any atom is 0.361 e. The van der Waals surface area contributed by atoms with Crippen molar-refractivity contribution < 1.29 is 42.9 Å². The quantitative estimate of drug-likeness (QED) is 0.0211. The van der Waals surface area contributed by atoms with Gasteiger partial charge in [0.2, 0.25) is 0 Å². The van der Waals surface area contributed by atoms with Gasteiger partial charge in [0.15, 0.2) is 6.10 Å². The second-order valence-corrected chi connectivity index (χ2v) is 23.7. The minimum atomic E-state index is -1.51. The van der Waals surface area contributed by atoms with Gasteiger partial charge >= 0.3 is 17.9 Å². The Hall–Kier alpha value is -3.53. The zero-order valence-electron chi connectivity index (χ0n) is 53.4. The van der Waals surface area contributed by atoms with E-state index in [1.807, 2.05) is 21.1 Å². The van der Waals surface area contributed by atoms with Crippen LogP contribution in [0, 0.1) is 0 Å². The minimum absolute atomic E-state index is 0.185. The molecule has 0 aromatic heterocycles. The number of ether oxygens (including phenoxy) is 4. The summed E-state index contributed by atoms with van der Waals surface area (Å²) in [6, 6.07) is 0. The van der Waals surface area contributed by atoms with Gasteiger partial charge in [0, 0.05) is 12.8 Å². The van der Waals surface area contributed by atoms with Crippen LogP contribution in [-0.4, -0.2) is 87.4 Å². The van der Waals surface area contributed by atoms with Gasteiger partial charge in [0.25, 0.3) is 6.29 Å². The first-order valence-electron chi connectivity index (χ1n) is 33.8. The molecule has 81 heavy (non-hydrogen) atoms. The Bertz CT molecular complexity index is 1600. The van der Waals surface area contributed by atoms with Crippen LogP contribution in [0.15, 0.2) is 85.1 Å². The normalized spacial score (nSPS) is 13.2. The Morgan fingerprint density at radius 2 is 0.704 bits per heavy atom. The fraction of sp³-hybridized carbons (Fsp3) is 0.764. The van der Waals surface area contributed by atoms with E-state index in [9.17, 15) is 19.5 Å². The van der Waals surface area contributed by atoms with E-state index in [0.29, 0.717) is 11.0 Å². The molecule has 2 unspecified atom stereocenters. The third-order valence-electron chi connectivity index (χ3n) is 14.6. The summed E-state index contributed by atoms with van der Waals surface area (Å²) in [4.78, 5) is 37.5. The molecule has 0 bridgehead atoms. The molecule has 0 saturated heterocycles. The van der Waals surface area contributed by atoms with Crippen molar-refractivity contribution in [3.63, 3.8) is 0 Å². The predicted molar refractivity (Wildman–Crippen MR) is 346 cm³/mol. The van der Waals surface area contributed by atoms with Crippen LogP contribution in [-0.2, 0) is 33.3 Å². The molecule has 9 heteroatoms. The molecule has 0 amide bonds. The summed E-state index contributed by atoms with van der Waals surface area (Å²) in [5.41, 5.74) is 0. The number of aliphatic carboxylic acids is 1. The zero-order chi connectivity index (χ0) is 59.1. The molecule has 1 N–H and O–H groups in total. The van der Waals surface area contributed by atoms with Gasteiger partial charge in [-0.05, 0) is 89.9 Å². The lowest BCUT2D eigenvalue weighted by atomic mass is 10.0. The monoisotopic (exact) mass is 1130 g/mol. The average Bonchev–Trinajstić information content (AvgIpc) is 3.44. The SMILES string of the molecule is CC/C=C\C/C=C\C/C=C\C/C=C\C/C=C\CCCCCCCCCCCCCCCCCCCCCCCCCCCC(=O)OC(COC(=O)CCCCCCC/C=C\C/C=C\CCCCC)COC(OCC[N+](C)(C)C)C(=O)O. The molecule has 0 saturated carbocycles. The third-order valence-corrected chi connectivity index (χ3v) is 14.6. The molecule has 0 aliphatic heterocycles. The lowest BCUT2D eigenvalue weighted by Crippen LogP contribution is -2.40. The number of carbonyl (C=O) groups excluding carboxylic acids is 2. The van der Waals surface area contributed by atoms with E-state index in [1.54, 1.807) is 0 Å². The van der Waals surface area contributed by atoms with E-state index in [4.69, 9.17) is 18.9 Å². The van der Waals surface area contributed by atoms with Crippen LogP contribution in [0.3, 0.4) is 0 Å². The first-order chi connectivity index (χ1) is 39.6. The van der Waals surface area contributed by atoms with Crippen LogP contribution in [0.5, 0.6) is 0 Å². The second kappa shape index (κ2) is 62.5. The van der Waals surface area contributed by atoms with Gasteiger partial charge in [-0.3, -0.25) is 9.59 Å². The number of carboxylic acids is 1. The highest BCUT2D eigenvalue weighted by Gasteiger charge is 2.25. The molecule has 2 atom stereocenters. The number of unbranched alkanes of at least 4 members (excludes halogenated alkanes) is 33. The van der Waals surface area contributed by atoms with E-state index >= 15 is 0 Å². The van der Waals surface area contributed by atoms with Gasteiger partial charge in [-0.1, -0.05) is 279 Å². The van der Waals surface area contributed by atoms with Crippen molar-refractivity contribution >= 4 is 17.9 Å². The van der Waals surface area contributed by atoms with Crippen molar-refractivity contribution in [3.05, 3.63) is 85.1 Å². The van der Waals surface area contributed by atoms with Gasteiger partial charge in [-0.2, -0.15) is 0 Å². The van der Waals surface area contributed by atoms with E-state index in [2.05, 4.69) is 98.9 Å². The molecule has 9 nitrogen and oxygen atoms in total. The van der Waals surface area contributed by atoms with E-state index in [1.165, 1.54) is 173 Å². The van der Waals surface area contributed by atoms with Gasteiger partial charge < -0.3 is 28.5 Å². The number of carboxylic acid groups (broad SMARTS) is 1. The number of hydrogen-bond donors (Lipinski definition) is 1. The number of carbonyl (C=O) groups is 3. The van der Waals surface area contributed by atoms with Crippen molar-refractivity contribution in [1.82, 2.24) is 0 Å². The first kappa shape index (κ1) is 77.5. The molecule has 0 aliphatic rings. The van der Waals surface area contributed by atoms with Gasteiger partial charge in [0.05, 0.1) is 34.4 Å². The molecule has 0 radical (unpaired) electrons. The van der Waals surface area contributed by atoms with Crippen molar-refractivity contribution in [2.75, 3.05) is 47.5 Å². The van der Waals surface area contributed by atoms with E-state index < -0.39 is 24.3 Å². The van der Waals surface area contributed by atoms with Gasteiger partial charge in [0.1, 0.15) is 13.2 Å². The van der Waals surface area contributed by atoms with Crippen molar-refractivity contribution in [2.45, 2.75) is 309 Å². The number of likely N-dealkylation sites (N-methyl/N-ethyl adjacent to an activating group) is 1. The highest BCUT2D eigenvalue weighted by Crippen LogP contribution is 2.18. The molecular formula is C72H128NO8+. The molecular weight excluding hydrogens is 1010 g/mol. The number of esters is 2. The third kappa shape index (κ3) is 63.9. The lowest BCUT2D eigenvalue weighted by Gasteiger charge is -2.25. The summed E-state index contributed by atoms with van der Waals surface area (Å²) in [6.45, 7) is 4.74. The number of hydrogen-bond acceptors (Lipinski definition) is 7. The van der Waals surface area contributed by atoms with Crippen LogP contribution in [0.25, 0.3) is 0 Å². The number of allylic oxidation sites excluding steroid dienone is 14. The largest absolute Gasteiger partial charge is 0.477 e. The minimum Gasteiger partial charge on any atom is -0.477 e. The molecule has 0 aliphatic carbocycles. The van der Waals surface area contributed by atoms with Crippen LogP contribution in [0.2, 0.25) is 0 Å². The van der Waals surface area contributed by atoms with Crippen LogP contribution in [0.4, 0.5) is 0 Å². The standard InChI is InChI=1S/C72H127NO8/c1-6-8-10-12-14-16-18-20-22-23-24-25-26-27-28-29-30-31-32-33-34-35-36-37-38-39-40-41-42-43-44-45-46-47-49-51-53-55-57-59-61-63-70(75)81-68(67-80-72(71(76)77)78-65-64-73(3,4)5)66-79-69(74)62-60-58-56-54-52-50-48-21-19-17-15-13-11-9-7-2/h8,10,14-17,20-22,24-25,27-28,48,68,72H,6-7,9,11-13,18-19,23,26,29-47,49-67H2,1-5H3/p+1/b10-8-,16-14-,17-15-,22-20-,25-24-,28-27-,48-21-. The average molecular weight is 1140 g/mol. The summed E-state index contributed by atoms with van der Waals surface area (Å²) in [7, 11) is 5.97. The smallest absolute Gasteiger partial charge is 0.361 e. The molecule has 0 heterocycles. The summed E-state index contributed by atoms with van der Waals surface area (Å²) in [5, 5.41) is 9.71. The van der Waals surface area contributed by atoms with Crippen LogP contribution >= 0.6 is 0 Å². The first-order valence-corrected chi connectivity index (χ1v) is 33.8. The summed E-state index contributed by atoms with van der Waals surface area (Å²) in [6.07, 6.45) is 81.4.